The molecule has 2 N–H and O–H groups in total. The quantitative estimate of drug-likeness (QED) is 0.725. The van der Waals surface area contributed by atoms with E-state index in [4.69, 9.17) is 11.6 Å². The van der Waals surface area contributed by atoms with Crippen LogP contribution in [0.4, 0.5) is 5.69 Å². The fourth-order valence-electron chi connectivity index (χ4n) is 1.45. The maximum absolute atomic E-state index is 11.9. The van der Waals surface area contributed by atoms with Crippen LogP contribution in [0, 0.1) is 0 Å². The number of rotatable bonds is 7. The van der Waals surface area contributed by atoms with E-state index in [2.05, 4.69) is 26.0 Å². The molecule has 0 aliphatic carbocycles. The first kappa shape index (κ1) is 16.8. The molecular formula is C12H18BrClN2O2S. The van der Waals surface area contributed by atoms with Crippen molar-refractivity contribution in [2.24, 2.45) is 0 Å². The number of sulfonamides is 1. The Hall–Kier alpha value is -0.300. The number of hydrogen-bond acceptors (Lipinski definition) is 3. The second-order valence-corrected chi connectivity index (χ2v) is 7.53. The molecule has 0 fully saturated rings. The minimum absolute atomic E-state index is 0.0751. The van der Waals surface area contributed by atoms with Crippen LogP contribution >= 0.6 is 27.5 Å². The van der Waals surface area contributed by atoms with Crippen LogP contribution in [0.15, 0.2) is 22.7 Å². The molecule has 1 aromatic rings. The summed E-state index contributed by atoms with van der Waals surface area (Å²) in [5.74, 6) is 0.0751. The molecule has 1 rings (SSSR count). The highest BCUT2D eigenvalue weighted by atomic mass is 79.9. The molecule has 0 unspecified atom stereocenters. The van der Waals surface area contributed by atoms with Gasteiger partial charge in [0.2, 0.25) is 10.0 Å². The smallest absolute Gasteiger partial charge is 0.232 e. The lowest BCUT2D eigenvalue weighted by Gasteiger charge is -2.11. The van der Waals surface area contributed by atoms with Crippen molar-refractivity contribution in [1.29, 1.82) is 0 Å². The van der Waals surface area contributed by atoms with Crippen molar-refractivity contribution >= 4 is 43.2 Å². The molecular weight excluding hydrogens is 352 g/mol. The summed E-state index contributed by atoms with van der Waals surface area (Å²) in [6.07, 6.45) is 0.561. The number of anilines is 1. The minimum atomic E-state index is -3.35. The van der Waals surface area contributed by atoms with Gasteiger partial charge in [-0.05, 0) is 41.0 Å². The number of halogens is 2. The van der Waals surface area contributed by atoms with E-state index in [1.54, 1.807) is 18.2 Å². The van der Waals surface area contributed by atoms with Gasteiger partial charge < -0.3 is 5.32 Å². The average molecular weight is 370 g/mol. The second kappa shape index (κ2) is 7.47. The Morgan fingerprint density at radius 1 is 1.37 bits per heavy atom. The Labute approximate surface area is 128 Å². The summed E-state index contributed by atoms with van der Waals surface area (Å²) in [5, 5.41) is 3.65. The molecule has 4 nitrogen and oxygen atoms in total. The number of benzene rings is 1. The van der Waals surface area contributed by atoms with Gasteiger partial charge in [0.15, 0.2) is 0 Å². The van der Waals surface area contributed by atoms with Crippen molar-refractivity contribution in [1.82, 2.24) is 5.32 Å². The van der Waals surface area contributed by atoms with Gasteiger partial charge in [-0.1, -0.05) is 31.5 Å². The van der Waals surface area contributed by atoms with E-state index in [0.717, 1.165) is 0 Å². The second-order valence-electron chi connectivity index (χ2n) is 4.48. The van der Waals surface area contributed by atoms with E-state index < -0.39 is 10.0 Å². The highest BCUT2D eigenvalue weighted by Gasteiger charge is 2.13. The Morgan fingerprint density at radius 2 is 2.05 bits per heavy atom. The first-order chi connectivity index (χ1) is 8.82. The van der Waals surface area contributed by atoms with Gasteiger partial charge in [0.1, 0.15) is 0 Å². The van der Waals surface area contributed by atoms with Gasteiger partial charge in [0.25, 0.3) is 0 Å². The zero-order valence-electron chi connectivity index (χ0n) is 10.9. The molecule has 0 aliphatic rings. The highest BCUT2D eigenvalue weighted by Crippen LogP contribution is 2.30. The van der Waals surface area contributed by atoms with Gasteiger partial charge in [-0.3, -0.25) is 4.72 Å². The van der Waals surface area contributed by atoms with Crippen LogP contribution in [0.25, 0.3) is 0 Å². The maximum atomic E-state index is 11.9. The molecule has 0 aliphatic heterocycles. The molecule has 7 heteroatoms. The van der Waals surface area contributed by atoms with Crippen molar-refractivity contribution in [3.8, 4) is 0 Å². The average Bonchev–Trinajstić information content (AvgIpc) is 2.30. The van der Waals surface area contributed by atoms with Crippen molar-refractivity contribution in [2.45, 2.75) is 26.3 Å². The van der Waals surface area contributed by atoms with Crippen molar-refractivity contribution in [3.63, 3.8) is 0 Å². The normalized spacial score (nSPS) is 11.8. The Kier molecular flexibility index (Phi) is 6.59. The topological polar surface area (TPSA) is 58.2 Å². The number of nitrogens with one attached hydrogen (secondary N) is 2. The molecule has 0 amide bonds. The number of hydrogen-bond donors (Lipinski definition) is 2. The lowest BCUT2D eigenvalue weighted by Crippen LogP contribution is -2.26. The van der Waals surface area contributed by atoms with Gasteiger partial charge in [-0.25, -0.2) is 8.42 Å². The van der Waals surface area contributed by atoms with E-state index in [1.807, 2.05) is 13.8 Å². The monoisotopic (exact) mass is 368 g/mol. The predicted molar refractivity (Wildman–Crippen MR) is 84.3 cm³/mol. The molecule has 0 saturated heterocycles. The molecule has 0 heterocycles. The van der Waals surface area contributed by atoms with E-state index in [-0.39, 0.29) is 5.75 Å². The van der Waals surface area contributed by atoms with Gasteiger partial charge in [0, 0.05) is 6.04 Å². The third-order valence-electron chi connectivity index (χ3n) is 2.36. The largest absolute Gasteiger partial charge is 0.314 e. The Bertz CT molecular complexity index is 520. The van der Waals surface area contributed by atoms with Gasteiger partial charge >= 0.3 is 0 Å². The van der Waals surface area contributed by atoms with Crippen LogP contribution in [0.1, 0.15) is 20.3 Å². The molecule has 0 bridgehead atoms. The molecule has 0 atom stereocenters. The van der Waals surface area contributed by atoms with Crippen LogP contribution in [-0.2, 0) is 10.0 Å². The molecule has 19 heavy (non-hydrogen) atoms. The molecule has 0 aromatic heterocycles. The zero-order chi connectivity index (χ0) is 14.5. The van der Waals surface area contributed by atoms with Crippen LogP contribution in [-0.4, -0.2) is 26.8 Å². The molecule has 0 saturated carbocycles. The predicted octanol–water partition coefficient (Wildman–Crippen LogP) is 3.23. The van der Waals surface area contributed by atoms with Gasteiger partial charge in [-0.2, -0.15) is 0 Å². The summed E-state index contributed by atoms with van der Waals surface area (Å²) in [5.41, 5.74) is 0.462. The molecule has 0 radical (unpaired) electrons. The summed E-state index contributed by atoms with van der Waals surface area (Å²) in [6.45, 7) is 4.72. The fourth-order valence-corrected chi connectivity index (χ4v) is 3.25. The molecule has 0 spiro atoms. The van der Waals surface area contributed by atoms with Crippen molar-refractivity contribution < 1.29 is 8.42 Å². The van der Waals surface area contributed by atoms with Crippen LogP contribution < -0.4 is 10.0 Å². The van der Waals surface area contributed by atoms with Gasteiger partial charge in [-0.15, -0.1) is 0 Å². The zero-order valence-corrected chi connectivity index (χ0v) is 14.1. The van der Waals surface area contributed by atoms with Gasteiger partial charge in [0.05, 0.1) is 20.9 Å². The van der Waals surface area contributed by atoms with Crippen LogP contribution in [0.2, 0.25) is 5.02 Å². The van der Waals surface area contributed by atoms with E-state index in [1.165, 1.54) is 0 Å². The Balaban J connectivity index is 2.57. The van der Waals surface area contributed by atoms with Crippen LogP contribution in [0.5, 0.6) is 0 Å². The van der Waals surface area contributed by atoms with E-state index >= 15 is 0 Å². The standard InChI is InChI=1S/C12H18BrClN2O2S/c1-9(2)15-7-4-8-19(17,18)16-11-6-3-5-10(14)12(11)13/h3,5-6,9,15-16H,4,7-8H2,1-2H3. The fraction of sp³-hybridized carbons (Fsp3) is 0.500. The highest BCUT2D eigenvalue weighted by molar-refractivity contribution is 9.10. The van der Waals surface area contributed by atoms with Crippen molar-refractivity contribution in [3.05, 3.63) is 27.7 Å². The third-order valence-corrected chi connectivity index (χ3v) is 5.11. The lowest BCUT2D eigenvalue weighted by molar-refractivity contribution is 0.571. The van der Waals surface area contributed by atoms with Crippen molar-refractivity contribution in [2.75, 3.05) is 17.0 Å². The molecule has 108 valence electrons. The summed E-state index contributed by atoms with van der Waals surface area (Å²) in [4.78, 5) is 0. The summed E-state index contributed by atoms with van der Waals surface area (Å²) >= 11 is 9.18. The minimum Gasteiger partial charge on any atom is -0.314 e. The van der Waals surface area contributed by atoms with E-state index in [9.17, 15) is 8.42 Å². The summed E-state index contributed by atoms with van der Waals surface area (Å²) in [7, 11) is -3.35. The summed E-state index contributed by atoms with van der Waals surface area (Å²) < 4.78 is 26.9. The van der Waals surface area contributed by atoms with Crippen LogP contribution in [0.3, 0.4) is 0 Å². The Morgan fingerprint density at radius 3 is 2.68 bits per heavy atom. The lowest BCUT2D eigenvalue weighted by atomic mass is 10.3. The third kappa shape index (κ3) is 6.12. The SMILES string of the molecule is CC(C)NCCCS(=O)(=O)Nc1cccc(Cl)c1Br. The first-order valence-electron chi connectivity index (χ1n) is 6.00. The first-order valence-corrected chi connectivity index (χ1v) is 8.82. The molecule has 1 aromatic carbocycles. The van der Waals surface area contributed by atoms with E-state index in [0.29, 0.717) is 34.2 Å². The summed E-state index contributed by atoms with van der Waals surface area (Å²) in [6, 6.07) is 5.42. The maximum Gasteiger partial charge on any atom is 0.232 e.